The highest BCUT2D eigenvalue weighted by Gasteiger charge is 2.18. The maximum atomic E-state index is 5.31. The van der Waals surface area contributed by atoms with Gasteiger partial charge in [-0.3, -0.25) is 4.57 Å². The van der Waals surface area contributed by atoms with Gasteiger partial charge in [0.15, 0.2) is 0 Å². The Balaban J connectivity index is 1.20. The molecule has 0 spiro atoms. The van der Waals surface area contributed by atoms with Crippen LogP contribution in [0, 0.1) is 13.8 Å². The van der Waals surface area contributed by atoms with Gasteiger partial charge in [-0.25, -0.2) is 9.97 Å². The molecule has 0 fully saturated rings. The third kappa shape index (κ3) is 4.13. The van der Waals surface area contributed by atoms with Crippen LogP contribution in [0.3, 0.4) is 0 Å². The van der Waals surface area contributed by atoms with Crippen molar-refractivity contribution in [1.29, 1.82) is 0 Å². The first-order valence-electron chi connectivity index (χ1n) is 16.3. The molecule has 0 aliphatic carbocycles. The summed E-state index contributed by atoms with van der Waals surface area (Å²) in [5.74, 6) is 0.680. The average Bonchev–Trinajstić information content (AvgIpc) is 3.66. The number of hydrogen-bond acceptors (Lipinski definition) is 3. The van der Waals surface area contributed by atoms with Crippen molar-refractivity contribution in [3.8, 4) is 28.3 Å². The predicted octanol–water partition coefficient (Wildman–Crippen LogP) is 12.2. The van der Waals surface area contributed by atoms with Gasteiger partial charge in [-0.2, -0.15) is 0 Å². The molecule has 0 aliphatic heterocycles. The van der Waals surface area contributed by atoms with E-state index in [-0.39, 0.29) is 0 Å². The largest absolute Gasteiger partial charge is 0.278 e. The molecule has 7 aromatic carbocycles. The van der Waals surface area contributed by atoms with Crippen molar-refractivity contribution in [3.63, 3.8) is 0 Å². The summed E-state index contributed by atoms with van der Waals surface area (Å²) in [7, 11) is 0. The van der Waals surface area contributed by atoms with Gasteiger partial charge in [0, 0.05) is 41.9 Å². The summed E-state index contributed by atoms with van der Waals surface area (Å²) in [4.78, 5) is 10.5. The number of para-hydroxylation sites is 2. The molecule has 10 aromatic rings. The molecule has 0 saturated heterocycles. The number of fused-ring (bicyclic) bond motifs is 9. The standard InChI is InChI=1S/C44H29N3S/c1-26-21-27(2)23-31(22-26)43-34-12-5-7-13-37(34)45-44(46-43)47-38-14-8-6-11-33(38)35-24-29(15-18-39(35)47)30-17-19-40-36(25-30)42-32-10-4-3-9-28(32)16-20-41(42)48-40/h3-25H,1-2H3. The lowest BCUT2D eigenvalue weighted by molar-refractivity contribution is 1.01. The first-order chi connectivity index (χ1) is 23.6. The lowest BCUT2D eigenvalue weighted by atomic mass is 9.99. The van der Waals surface area contributed by atoms with Gasteiger partial charge in [0.25, 0.3) is 0 Å². The second-order valence-corrected chi connectivity index (χ2v) is 13.9. The third-order valence-electron chi connectivity index (χ3n) is 9.65. The van der Waals surface area contributed by atoms with E-state index >= 15 is 0 Å². The number of aryl methyl sites for hydroxylation is 2. The van der Waals surface area contributed by atoms with Crippen LogP contribution in [0.25, 0.3) is 92.0 Å². The van der Waals surface area contributed by atoms with Crippen LogP contribution < -0.4 is 0 Å². The minimum Gasteiger partial charge on any atom is -0.278 e. The fourth-order valence-corrected chi connectivity index (χ4v) is 8.69. The van der Waals surface area contributed by atoms with Crippen molar-refractivity contribution in [3.05, 3.63) is 151 Å². The Morgan fingerprint density at radius 2 is 1.15 bits per heavy atom. The van der Waals surface area contributed by atoms with E-state index in [1.807, 2.05) is 11.3 Å². The predicted molar refractivity (Wildman–Crippen MR) is 205 cm³/mol. The van der Waals surface area contributed by atoms with E-state index in [0.29, 0.717) is 5.95 Å². The Bertz CT molecular complexity index is 2910. The Hall–Kier alpha value is -5.84. The summed E-state index contributed by atoms with van der Waals surface area (Å²) >= 11 is 1.87. The van der Waals surface area contributed by atoms with Crippen LogP contribution in [-0.4, -0.2) is 14.5 Å². The zero-order valence-electron chi connectivity index (χ0n) is 26.5. The van der Waals surface area contributed by atoms with E-state index < -0.39 is 0 Å². The molecule has 0 saturated carbocycles. The molecule has 0 amide bonds. The molecule has 3 heterocycles. The van der Waals surface area contributed by atoms with Crippen LogP contribution in [0.4, 0.5) is 0 Å². The number of nitrogens with zero attached hydrogens (tertiary/aromatic N) is 3. The molecule has 10 rings (SSSR count). The topological polar surface area (TPSA) is 30.7 Å². The van der Waals surface area contributed by atoms with Gasteiger partial charge < -0.3 is 0 Å². The molecule has 4 heteroatoms. The Kier molecular flexibility index (Phi) is 5.87. The quantitative estimate of drug-likeness (QED) is 0.194. The Morgan fingerprint density at radius 3 is 2.00 bits per heavy atom. The molecule has 3 aromatic heterocycles. The molecule has 0 aliphatic rings. The SMILES string of the molecule is Cc1cc(C)cc(-c2nc(-n3c4ccccc4c4cc(-c5ccc6sc7ccc8ccccc8c7c6c5)ccc43)nc3ccccc23)c1. The van der Waals surface area contributed by atoms with E-state index in [9.17, 15) is 0 Å². The van der Waals surface area contributed by atoms with Crippen LogP contribution in [0.15, 0.2) is 140 Å². The van der Waals surface area contributed by atoms with E-state index in [4.69, 9.17) is 9.97 Å². The van der Waals surface area contributed by atoms with Gasteiger partial charge in [-0.15, -0.1) is 11.3 Å². The second kappa shape index (κ2) is 10.3. The third-order valence-corrected chi connectivity index (χ3v) is 10.8. The first-order valence-corrected chi connectivity index (χ1v) is 17.1. The molecular formula is C44H29N3S. The highest BCUT2D eigenvalue weighted by Crippen LogP contribution is 2.41. The molecule has 0 unspecified atom stereocenters. The minimum atomic E-state index is 0.680. The Labute approximate surface area is 281 Å². The van der Waals surface area contributed by atoms with Crippen LogP contribution in [-0.2, 0) is 0 Å². The van der Waals surface area contributed by atoms with Gasteiger partial charge in [0.1, 0.15) is 0 Å². The Morgan fingerprint density at radius 1 is 0.479 bits per heavy atom. The van der Waals surface area contributed by atoms with Crippen LogP contribution in [0.1, 0.15) is 11.1 Å². The van der Waals surface area contributed by atoms with Gasteiger partial charge in [-0.05, 0) is 90.3 Å². The zero-order valence-corrected chi connectivity index (χ0v) is 27.3. The minimum absolute atomic E-state index is 0.680. The van der Waals surface area contributed by atoms with Gasteiger partial charge in [0.05, 0.1) is 22.2 Å². The molecule has 3 nitrogen and oxygen atoms in total. The summed E-state index contributed by atoms with van der Waals surface area (Å²) in [5.41, 5.74) is 10.0. The number of aromatic nitrogens is 3. The lowest BCUT2D eigenvalue weighted by Crippen LogP contribution is -2.03. The van der Waals surface area contributed by atoms with Crippen LogP contribution in [0.5, 0.6) is 0 Å². The van der Waals surface area contributed by atoms with E-state index in [1.165, 1.54) is 64.0 Å². The van der Waals surface area contributed by atoms with Crippen LogP contribution >= 0.6 is 11.3 Å². The van der Waals surface area contributed by atoms with Crippen molar-refractivity contribution in [2.45, 2.75) is 13.8 Å². The maximum Gasteiger partial charge on any atom is 0.235 e. The zero-order chi connectivity index (χ0) is 31.9. The van der Waals surface area contributed by atoms with Crippen molar-refractivity contribution >= 4 is 75.0 Å². The van der Waals surface area contributed by atoms with Crippen molar-refractivity contribution in [2.24, 2.45) is 0 Å². The fourth-order valence-electron chi connectivity index (χ4n) is 7.59. The lowest BCUT2D eigenvalue weighted by Gasteiger charge is -2.13. The van der Waals surface area contributed by atoms with Crippen molar-refractivity contribution in [2.75, 3.05) is 0 Å². The second-order valence-electron chi connectivity index (χ2n) is 12.8. The van der Waals surface area contributed by atoms with Gasteiger partial charge >= 0.3 is 0 Å². The van der Waals surface area contributed by atoms with Crippen molar-refractivity contribution < 1.29 is 0 Å². The summed E-state index contributed by atoms with van der Waals surface area (Å²) < 4.78 is 4.88. The van der Waals surface area contributed by atoms with Crippen LogP contribution in [0.2, 0.25) is 0 Å². The number of benzene rings is 7. The molecular weight excluding hydrogens is 603 g/mol. The maximum absolute atomic E-state index is 5.31. The monoisotopic (exact) mass is 631 g/mol. The first kappa shape index (κ1) is 27.3. The summed E-state index contributed by atoms with van der Waals surface area (Å²) in [6, 6.07) is 50.6. The summed E-state index contributed by atoms with van der Waals surface area (Å²) in [6.07, 6.45) is 0. The van der Waals surface area contributed by atoms with E-state index in [0.717, 1.165) is 33.2 Å². The number of thiophene rings is 1. The molecule has 226 valence electrons. The number of hydrogen-bond donors (Lipinski definition) is 0. The average molecular weight is 632 g/mol. The van der Waals surface area contributed by atoms with Gasteiger partial charge in [0.2, 0.25) is 5.95 Å². The molecule has 48 heavy (non-hydrogen) atoms. The summed E-state index contributed by atoms with van der Waals surface area (Å²) in [6.45, 7) is 4.29. The normalized spacial score (nSPS) is 12.0. The van der Waals surface area contributed by atoms with Gasteiger partial charge in [-0.1, -0.05) is 96.1 Å². The molecule has 0 N–H and O–H groups in total. The highest BCUT2D eigenvalue weighted by atomic mass is 32.1. The summed E-state index contributed by atoms with van der Waals surface area (Å²) in [5, 5.41) is 8.68. The molecule has 0 bridgehead atoms. The highest BCUT2D eigenvalue weighted by molar-refractivity contribution is 7.26. The van der Waals surface area contributed by atoms with E-state index in [2.05, 4.69) is 158 Å². The smallest absolute Gasteiger partial charge is 0.235 e. The molecule has 0 radical (unpaired) electrons. The number of rotatable bonds is 3. The molecule has 0 atom stereocenters. The van der Waals surface area contributed by atoms with Crippen molar-refractivity contribution in [1.82, 2.24) is 14.5 Å². The van der Waals surface area contributed by atoms with E-state index in [1.54, 1.807) is 0 Å². The fraction of sp³-hybridized carbons (Fsp3) is 0.0455.